The van der Waals surface area contributed by atoms with Gasteiger partial charge in [-0.2, -0.15) is 5.26 Å². The largest absolute Gasteiger partial charge is 0.494 e. The van der Waals surface area contributed by atoms with Gasteiger partial charge in [-0.3, -0.25) is 4.79 Å². The molecule has 1 heterocycles. The Morgan fingerprint density at radius 3 is 2.75 bits per heavy atom. The molecule has 0 bridgehead atoms. The number of thiazole rings is 1. The number of benzene rings is 2. The molecule has 0 unspecified atom stereocenters. The van der Waals surface area contributed by atoms with Crippen molar-refractivity contribution in [1.82, 2.24) is 4.98 Å². The highest BCUT2D eigenvalue weighted by Gasteiger charge is 2.21. The van der Waals surface area contributed by atoms with Crippen LogP contribution in [-0.4, -0.2) is 24.0 Å². The van der Waals surface area contributed by atoms with Gasteiger partial charge in [-0.15, -0.1) is 11.3 Å². The first-order valence-electron chi connectivity index (χ1n) is 8.75. The highest BCUT2D eigenvalue weighted by Crippen LogP contribution is 2.28. The summed E-state index contributed by atoms with van der Waals surface area (Å²) in [6.07, 6.45) is 0.226. The van der Waals surface area contributed by atoms with E-state index < -0.39 is 0 Å². The van der Waals surface area contributed by atoms with Crippen molar-refractivity contribution < 1.29 is 9.53 Å². The summed E-state index contributed by atoms with van der Waals surface area (Å²) in [5, 5.41) is 12.0. The number of carbonyl (C=O) groups excluding carboxylic acids is 1. The molecule has 0 aliphatic carbocycles. The summed E-state index contributed by atoms with van der Waals surface area (Å²) in [5.74, 6) is 0.486. The predicted octanol–water partition coefficient (Wildman–Crippen LogP) is 5.42. The van der Waals surface area contributed by atoms with Crippen LogP contribution in [0, 0.1) is 11.3 Å². The Morgan fingerprint density at radius 1 is 1.29 bits per heavy atom. The van der Waals surface area contributed by atoms with Crippen LogP contribution in [0.4, 0.5) is 5.69 Å². The molecule has 1 amide bonds. The normalized spacial score (nSPS) is 10.3. The van der Waals surface area contributed by atoms with E-state index in [1.165, 1.54) is 11.3 Å². The summed E-state index contributed by atoms with van der Waals surface area (Å²) in [6, 6.07) is 16.7. The average Bonchev–Trinajstić information content (AvgIpc) is 3.20. The lowest BCUT2D eigenvalue weighted by Crippen LogP contribution is -2.32. The maximum Gasteiger partial charge on any atom is 0.277 e. The lowest BCUT2D eigenvalue weighted by molar-refractivity contribution is 0.0983. The summed E-state index contributed by atoms with van der Waals surface area (Å²) >= 11 is 7.43. The maximum absolute atomic E-state index is 13.1. The molecular formula is C21H18ClN3O2S. The number of anilines is 1. The lowest BCUT2D eigenvalue weighted by atomic mass is 10.2. The SMILES string of the molecule is CCOc1ccc(N(CCC#N)C(=O)c2csc(-c3cccc(Cl)c3)n2)cc1. The Balaban J connectivity index is 1.86. The summed E-state index contributed by atoms with van der Waals surface area (Å²) in [5.41, 5.74) is 1.90. The topological polar surface area (TPSA) is 66.2 Å². The maximum atomic E-state index is 13.1. The van der Waals surface area contributed by atoms with Crippen LogP contribution in [0.25, 0.3) is 10.6 Å². The molecule has 0 fully saturated rings. The van der Waals surface area contributed by atoms with Crippen molar-refractivity contribution in [1.29, 1.82) is 5.26 Å². The molecule has 0 spiro atoms. The smallest absolute Gasteiger partial charge is 0.277 e. The first kappa shape index (κ1) is 19.9. The van der Waals surface area contributed by atoms with Gasteiger partial charge in [-0.25, -0.2) is 4.98 Å². The van der Waals surface area contributed by atoms with Gasteiger partial charge in [0.25, 0.3) is 5.91 Å². The molecule has 3 rings (SSSR count). The molecule has 5 nitrogen and oxygen atoms in total. The van der Waals surface area contributed by atoms with E-state index in [9.17, 15) is 4.79 Å². The fraction of sp³-hybridized carbons (Fsp3) is 0.190. The summed E-state index contributed by atoms with van der Waals surface area (Å²) in [4.78, 5) is 19.1. The minimum absolute atomic E-state index is 0.226. The monoisotopic (exact) mass is 411 g/mol. The second-order valence-corrected chi connectivity index (χ2v) is 7.13. The molecule has 0 saturated heterocycles. The van der Waals surface area contributed by atoms with Crippen LogP contribution in [0.5, 0.6) is 5.75 Å². The highest BCUT2D eigenvalue weighted by atomic mass is 35.5. The number of carbonyl (C=O) groups is 1. The summed E-state index contributed by atoms with van der Waals surface area (Å²) < 4.78 is 5.45. The molecular weight excluding hydrogens is 394 g/mol. The van der Waals surface area contributed by atoms with Crippen LogP contribution in [0.2, 0.25) is 5.02 Å². The molecule has 28 heavy (non-hydrogen) atoms. The summed E-state index contributed by atoms with van der Waals surface area (Å²) in [7, 11) is 0. The van der Waals surface area contributed by atoms with Gasteiger partial charge in [-0.1, -0.05) is 23.7 Å². The van der Waals surface area contributed by atoms with E-state index in [1.54, 1.807) is 16.3 Å². The zero-order valence-electron chi connectivity index (χ0n) is 15.3. The number of aromatic nitrogens is 1. The number of hydrogen-bond acceptors (Lipinski definition) is 5. The Kier molecular flexibility index (Phi) is 6.64. The number of nitrogens with zero attached hydrogens (tertiary/aromatic N) is 3. The third-order valence-corrected chi connectivity index (χ3v) is 5.07. The van der Waals surface area contributed by atoms with Crippen molar-refractivity contribution in [3.8, 4) is 22.4 Å². The number of amides is 1. The Morgan fingerprint density at radius 2 is 2.07 bits per heavy atom. The molecule has 0 saturated carbocycles. The van der Waals surface area contributed by atoms with E-state index in [2.05, 4.69) is 11.1 Å². The standard InChI is InChI=1S/C21H18ClN3O2S/c1-2-27-18-9-7-17(8-10-18)25(12-4-11-23)21(26)19-14-28-20(24-19)15-5-3-6-16(22)13-15/h3,5-10,13-14H,2,4,12H2,1H3. The van der Waals surface area contributed by atoms with Gasteiger partial charge in [0.15, 0.2) is 0 Å². The quantitative estimate of drug-likeness (QED) is 0.520. The van der Waals surface area contributed by atoms with Gasteiger partial charge in [-0.05, 0) is 43.3 Å². The van der Waals surface area contributed by atoms with Crippen molar-refractivity contribution in [3.05, 3.63) is 64.6 Å². The lowest BCUT2D eigenvalue weighted by Gasteiger charge is -2.21. The van der Waals surface area contributed by atoms with E-state index in [0.717, 1.165) is 16.3 Å². The average molecular weight is 412 g/mol. The molecule has 0 aliphatic heterocycles. The fourth-order valence-corrected chi connectivity index (χ4v) is 3.64. The fourth-order valence-electron chi connectivity index (χ4n) is 2.66. The third kappa shape index (κ3) is 4.69. The molecule has 0 atom stereocenters. The second-order valence-electron chi connectivity index (χ2n) is 5.84. The van der Waals surface area contributed by atoms with Crippen molar-refractivity contribution in [3.63, 3.8) is 0 Å². The highest BCUT2D eigenvalue weighted by molar-refractivity contribution is 7.13. The number of rotatable bonds is 7. The van der Waals surface area contributed by atoms with Crippen molar-refractivity contribution in [2.75, 3.05) is 18.1 Å². The van der Waals surface area contributed by atoms with Crippen molar-refractivity contribution >= 4 is 34.5 Å². The number of halogens is 1. The number of nitriles is 1. The number of ether oxygens (including phenoxy) is 1. The molecule has 0 radical (unpaired) electrons. The van der Waals surface area contributed by atoms with Gasteiger partial charge in [0.2, 0.25) is 0 Å². The van der Waals surface area contributed by atoms with Gasteiger partial charge in [0.05, 0.1) is 19.1 Å². The Bertz CT molecular complexity index is 995. The van der Waals surface area contributed by atoms with Crippen LogP contribution in [-0.2, 0) is 0 Å². The first-order valence-corrected chi connectivity index (χ1v) is 10.0. The van der Waals surface area contributed by atoms with Crippen LogP contribution in [0.3, 0.4) is 0 Å². The molecule has 0 aliphatic rings. The van der Waals surface area contributed by atoms with Gasteiger partial charge < -0.3 is 9.64 Å². The molecule has 1 aromatic heterocycles. The van der Waals surface area contributed by atoms with E-state index in [1.807, 2.05) is 49.4 Å². The molecule has 7 heteroatoms. The van der Waals surface area contributed by atoms with Crippen molar-refractivity contribution in [2.45, 2.75) is 13.3 Å². The zero-order chi connectivity index (χ0) is 19.9. The van der Waals surface area contributed by atoms with Crippen LogP contribution in [0.1, 0.15) is 23.8 Å². The summed E-state index contributed by atoms with van der Waals surface area (Å²) in [6.45, 7) is 2.77. The molecule has 2 aromatic carbocycles. The zero-order valence-corrected chi connectivity index (χ0v) is 16.8. The van der Waals surface area contributed by atoms with Crippen LogP contribution < -0.4 is 9.64 Å². The Hall–Kier alpha value is -2.88. The Labute approximate surface area is 172 Å². The van der Waals surface area contributed by atoms with E-state index in [4.69, 9.17) is 21.6 Å². The first-order chi connectivity index (χ1) is 13.6. The van der Waals surface area contributed by atoms with Crippen LogP contribution >= 0.6 is 22.9 Å². The van der Waals surface area contributed by atoms with E-state index in [-0.39, 0.29) is 18.9 Å². The predicted molar refractivity (Wildman–Crippen MR) is 112 cm³/mol. The molecule has 142 valence electrons. The van der Waals surface area contributed by atoms with Gasteiger partial charge >= 0.3 is 0 Å². The molecule has 0 N–H and O–H groups in total. The number of hydrogen-bond donors (Lipinski definition) is 0. The van der Waals surface area contributed by atoms with Gasteiger partial charge in [0.1, 0.15) is 16.5 Å². The van der Waals surface area contributed by atoms with Crippen molar-refractivity contribution in [2.24, 2.45) is 0 Å². The van der Waals surface area contributed by atoms with E-state index >= 15 is 0 Å². The minimum Gasteiger partial charge on any atom is -0.494 e. The third-order valence-electron chi connectivity index (χ3n) is 3.95. The van der Waals surface area contributed by atoms with E-state index in [0.29, 0.717) is 23.0 Å². The molecule has 3 aromatic rings. The van der Waals surface area contributed by atoms with Gasteiger partial charge in [0, 0.05) is 28.2 Å². The second kappa shape index (κ2) is 9.36. The van der Waals surface area contributed by atoms with Crippen LogP contribution in [0.15, 0.2) is 53.9 Å². The minimum atomic E-state index is -0.246.